The average molecular weight is 335 g/mol. The number of carbonyl (C=O) groups excluding carboxylic acids is 1. The van der Waals surface area contributed by atoms with E-state index in [1.165, 1.54) is 6.07 Å². The predicted octanol–water partition coefficient (Wildman–Crippen LogP) is 3.87. The summed E-state index contributed by atoms with van der Waals surface area (Å²) < 4.78 is 13.5. The van der Waals surface area contributed by atoms with E-state index in [9.17, 15) is 9.18 Å². The summed E-state index contributed by atoms with van der Waals surface area (Å²) in [5.41, 5.74) is 3.43. The molecule has 23 heavy (non-hydrogen) atoms. The van der Waals surface area contributed by atoms with Gasteiger partial charge in [0.05, 0.1) is 17.3 Å². The van der Waals surface area contributed by atoms with Crippen molar-refractivity contribution in [2.24, 2.45) is 0 Å². The first-order chi connectivity index (χ1) is 11.0. The summed E-state index contributed by atoms with van der Waals surface area (Å²) in [4.78, 5) is 11.9. The second-order valence-corrected chi connectivity index (χ2v) is 5.89. The van der Waals surface area contributed by atoms with Gasteiger partial charge < -0.3 is 10.6 Å². The Labute approximate surface area is 140 Å². The summed E-state index contributed by atoms with van der Waals surface area (Å²) in [6, 6.07) is 10.4. The molecule has 5 heteroatoms. The van der Waals surface area contributed by atoms with Gasteiger partial charge in [0.15, 0.2) is 0 Å². The largest absolute Gasteiger partial charge is 0.375 e. The highest BCUT2D eigenvalue weighted by Crippen LogP contribution is 2.26. The number of amides is 1. The quantitative estimate of drug-likeness (QED) is 0.842. The van der Waals surface area contributed by atoms with Crippen molar-refractivity contribution < 1.29 is 9.18 Å². The summed E-state index contributed by atoms with van der Waals surface area (Å²) in [6.07, 6.45) is 0.461. The maximum Gasteiger partial charge on any atom is 0.239 e. The average Bonchev–Trinajstić information content (AvgIpc) is 2.48. The molecular weight excluding hydrogens is 315 g/mol. The van der Waals surface area contributed by atoms with Crippen LogP contribution in [0.25, 0.3) is 0 Å². The van der Waals surface area contributed by atoms with Crippen molar-refractivity contribution >= 4 is 23.2 Å². The Morgan fingerprint density at radius 2 is 1.96 bits per heavy atom. The van der Waals surface area contributed by atoms with Crippen molar-refractivity contribution in [2.45, 2.75) is 20.3 Å². The maximum absolute atomic E-state index is 13.5. The predicted molar refractivity (Wildman–Crippen MR) is 92.5 cm³/mol. The standard InChI is InChI=1S/C18H20ClFN2O/c1-12-9-13(2)18(15(19)10-12)22-11-17(23)21-8-7-14-5-3-4-6-16(14)20/h3-6,9-10,22H,7-8,11H2,1-2H3,(H,21,23). The molecule has 1 amide bonds. The minimum atomic E-state index is -0.248. The van der Waals surface area contributed by atoms with E-state index in [1.54, 1.807) is 18.2 Å². The summed E-state index contributed by atoms with van der Waals surface area (Å²) in [5, 5.41) is 6.42. The lowest BCUT2D eigenvalue weighted by Crippen LogP contribution is -2.31. The van der Waals surface area contributed by atoms with Crippen molar-refractivity contribution in [3.8, 4) is 0 Å². The summed E-state index contributed by atoms with van der Waals surface area (Å²) in [7, 11) is 0. The van der Waals surface area contributed by atoms with E-state index >= 15 is 0 Å². The molecule has 0 bridgehead atoms. The second-order valence-electron chi connectivity index (χ2n) is 5.48. The van der Waals surface area contributed by atoms with E-state index in [-0.39, 0.29) is 18.3 Å². The molecule has 0 aliphatic rings. The van der Waals surface area contributed by atoms with Gasteiger partial charge in [0, 0.05) is 6.54 Å². The first-order valence-corrected chi connectivity index (χ1v) is 7.86. The number of carbonyl (C=O) groups is 1. The van der Waals surface area contributed by atoms with Crippen LogP contribution in [-0.4, -0.2) is 19.0 Å². The number of benzene rings is 2. The van der Waals surface area contributed by atoms with Crippen LogP contribution in [0.4, 0.5) is 10.1 Å². The zero-order chi connectivity index (χ0) is 16.8. The Morgan fingerprint density at radius 3 is 2.65 bits per heavy atom. The van der Waals surface area contributed by atoms with Gasteiger partial charge in [0.1, 0.15) is 5.82 Å². The van der Waals surface area contributed by atoms with Gasteiger partial charge in [-0.2, -0.15) is 0 Å². The van der Waals surface area contributed by atoms with Gasteiger partial charge in [-0.15, -0.1) is 0 Å². The van der Waals surface area contributed by atoms with Crippen LogP contribution in [0, 0.1) is 19.7 Å². The molecule has 0 spiro atoms. The third-order valence-electron chi connectivity index (χ3n) is 3.53. The first kappa shape index (κ1) is 17.3. The first-order valence-electron chi connectivity index (χ1n) is 7.48. The van der Waals surface area contributed by atoms with Gasteiger partial charge >= 0.3 is 0 Å². The molecule has 2 aromatic rings. The van der Waals surface area contributed by atoms with Crippen molar-refractivity contribution in [3.05, 3.63) is 63.9 Å². The van der Waals surface area contributed by atoms with Gasteiger partial charge in [-0.1, -0.05) is 35.9 Å². The van der Waals surface area contributed by atoms with Gasteiger partial charge in [-0.3, -0.25) is 4.79 Å². The second kappa shape index (κ2) is 7.97. The zero-order valence-corrected chi connectivity index (χ0v) is 14.0. The number of rotatable bonds is 6. The van der Waals surface area contributed by atoms with Gasteiger partial charge in [0.25, 0.3) is 0 Å². The molecule has 0 heterocycles. The lowest BCUT2D eigenvalue weighted by atomic mass is 10.1. The van der Waals surface area contributed by atoms with Crippen molar-refractivity contribution in [3.63, 3.8) is 0 Å². The maximum atomic E-state index is 13.5. The Morgan fingerprint density at radius 1 is 1.22 bits per heavy atom. The SMILES string of the molecule is Cc1cc(C)c(NCC(=O)NCCc2ccccc2F)c(Cl)c1. The van der Waals surface area contributed by atoms with Crippen LogP contribution in [-0.2, 0) is 11.2 Å². The van der Waals surface area contributed by atoms with Crippen LogP contribution >= 0.6 is 11.6 Å². The number of aryl methyl sites for hydroxylation is 2. The Balaban J connectivity index is 1.81. The normalized spacial score (nSPS) is 10.4. The highest BCUT2D eigenvalue weighted by molar-refractivity contribution is 6.33. The summed E-state index contributed by atoms with van der Waals surface area (Å²) in [5.74, 6) is -0.403. The van der Waals surface area contributed by atoms with Crippen LogP contribution in [0.1, 0.15) is 16.7 Å². The number of halogens is 2. The Kier molecular flexibility index (Phi) is 5.99. The summed E-state index contributed by atoms with van der Waals surface area (Å²) in [6.45, 7) is 4.43. The molecule has 0 atom stereocenters. The van der Waals surface area contributed by atoms with E-state index < -0.39 is 0 Å². The molecule has 0 unspecified atom stereocenters. The molecule has 0 aromatic heterocycles. The Hall–Kier alpha value is -2.07. The van der Waals surface area contributed by atoms with Crippen LogP contribution in [0.15, 0.2) is 36.4 Å². The monoisotopic (exact) mass is 334 g/mol. The van der Waals surface area contributed by atoms with Crippen LogP contribution < -0.4 is 10.6 Å². The van der Waals surface area contributed by atoms with Crippen molar-refractivity contribution in [1.82, 2.24) is 5.32 Å². The minimum absolute atomic E-state index is 0.126. The fourth-order valence-corrected chi connectivity index (χ4v) is 2.80. The van der Waals surface area contributed by atoms with Gasteiger partial charge in [-0.05, 0) is 49.1 Å². The van der Waals surface area contributed by atoms with Gasteiger partial charge in [0.2, 0.25) is 5.91 Å². The lowest BCUT2D eigenvalue weighted by molar-refractivity contribution is -0.119. The third-order valence-corrected chi connectivity index (χ3v) is 3.83. The van der Waals surface area contributed by atoms with Crippen LogP contribution in [0.3, 0.4) is 0 Å². The fraction of sp³-hybridized carbons (Fsp3) is 0.278. The third kappa shape index (κ3) is 4.96. The molecule has 0 radical (unpaired) electrons. The lowest BCUT2D eigenvalue weighted by Gasteiger charge is -2.12. The van der Waals surface area contributed by atoms with E-state index in [0.717, 1.165) is 16.8 Å². The van der Waals surface area contributed by atoms with E-state index in [4.69, 9.17) is 11.6 Å². The zero-order valence-electron chi connectivity index (χ0n) is 13.2. The molecule has 122 valence electrons. The van der Waals surface area contributed by atoms with Crippen LogP contribution in [0.2, 0.25) is 5.02 Å². The number of hydrogen-bond acceptors (Lipinski definition) is 2. The molecule has 2 N–H and O–H groups in total. The molecule has 2 aromatic carbocycles. The van der Waals surface area contributed by atoms with Crippen molar-refractivity contribution in [1.29, 1.82) is 0 Å². The molecular formula is C18H20ClFN2O. The molecule has 0 aliphatic carbocycles. The molecule has 0 aliphatic heterocycles. The number of nitrogens with one attached hydrogen (secondary N) is 2. The number of hydrogen-bond donors (Lipinski definition) is 2. The summed E-state index contributed by atoms with van der Waals surface area (Å²) >= 11 is 6.18. The topological polar surface area (TPSA) is 41.1 Å². The number of anilines is 1. The highest BCUT2D eigenvalue weighted by Gasteiger charge is 2.08. The van der Waals surface area contributed by atoms with Crippen LogP contribution in [0.5, 0.6) is 0 Å². The van der Waals surface area contributed by atoms with E-state index in [1.807, 2.05) is 26.0 Å². The van der Waals surface area contributed by atoms with E-state index in [0.29, 0.717) is 23.6 Å². The molecule has 3 nitrogen and oxygen atoms in total. The fourth-order valence-electron chi connectivity index (χ4n) is 2.41. The highest BCUT2D eigenvalue weighted by atomic mass is 35.5. The smallest absolute Gasteiger partial charge is 0.239 e. The molecule has 2 rings (SSSR count). The molecule has 0 fully saturated rings. The van der Waals surface area contributed by atoms with Gasteiger partial charge in [-0.25, -0.2) is 4.39 Å². The Bertz CT molecular complexity index is 680. The molecule has 0 saturated carbocycles. The minimum Gasteiger partial charge on any atom is -0.375 e. The molecule has 0 saturated heterocycles. The van der Waals surface area contributed by atoms with Crippen molar-refractivity contribution in [2.75, 3.05) is 18.4 Å². The van der Waals surface area contributed by atoms with E-state index in [2.05, 4.69) is 10.6 Å².